The minimum absolute atomic E-state index is 0.0571. The molecule has 1 aromatic carbocycles. The van der Waals surface area contributed by atoms with Gasteiger partial charge in [0, 0.05) is 30.9 Å². The molecule has 5 heteroatoms. The maximum atomic E-state index is 13.6. The van der Waals surface area contributed by atoms with Crippen molar-refractivity contribution in [3.63, 3.8) is 0 Å². The molecule has 0 saturated carbocycles. The van der Waals surface area contributed by atoms with Crippen LogP contribution in [-0.2, 0) is 19.3 Å². The Kier molecular flexibility index (Phi) is 5.17. The number of hydrogen-bond donors (Lipinski definition) is 1. The lowest BCUT2D eigenvalue weighted by molar-refractivity contribution is -0.0642. The second-order valence-electron chi connectivity index (χ2n) is 10.4. The zero-order chi connectivity index (χ0) is 21.7. The Balaban J connectivity index is 1.29. The van der Waals surface area contributed by atoms with Gasteiger partial charge in [0.1, 0.15) is 5.56 Å². The van der Waals surface area contributed by atoms with E-state index in [-0.39, 0.29) is 11.5 Å². The Morgan fingerprint density at radius 1 is 1.03 bits per heavy atom. The molecule has 1 aromatic heterocycles. The van der Waals surface area contributed by atoms with E-state index in [1.54, 1.807) is 0 Å². The highest BCUT2D eigenvalue weighted by atomic mass is 16.2. The van der Waals surface area contributed by atoms with E-state index >= 15 is 0 Å². The highest BCUT2D eigenvalue weighted by molar-refractivity contribution is 5.94. The van der Waals surface area contributed by atoms with Gasteiger partial charge in [0.15, 0.2) is 0 Å². The first-order valence-corrected chi connectivity index (χ1v) is 12.5. The quantitative estimate of drug-likeness (QED) is 0.810. The second kappa shape index (κ2) is 8.18. The summed E-state index contributed by atoms with van der Waals surface area (Å²) in [6.45, 7) is 2.76. The van der Waals surface area contributed by atoms with Crippen LogP contribution in [0.1, 0.15) is 59.3 Å². The van der Waals surface area contributed by atoms with E-state index in [1.807, 2.05) is 11.0 Å². The van der Waals surface area contributed by atoms with Crippen LogP contribution < -0.4 is 5.56 Å². The molecule has 4 heterocycles. The molecule has 5 nitrogen and oxygen atoms in total. The molecule has 0 spiro atoms. The fourth-order valence-corrected chi connectivity index (χ4v) is 7.05. The molecular weight excluding hydrogens is 398 g/mol. The zero-order valence-corrected chi connectivity index (χ0v) is 18.8. The maximum absolute atomic E-state index is 13.6. The van der Waals surface area contributed by atoms with Gasteiger partial charge in [0.05, 0.1) is 0 Å². The van der Waals surface area contributed by atoms with Gasteiger partial charge in [0.2, 0.25) is 0 Å². The van der Waals surface area contributed by atoms with Crippen LogP contribution in [-0.4, -0.2) is 52.4 Å². The summed E-state index contributed by atoms with van der Waals surface area (Å²) in [6.07, 6.45) is 9.03. The number of carbonyl (C=O) groups is 1. The van der Waals surface area contributed by atoms with Crippen LogP contribution in [0.5, 0.6) is 0 Å². The second-order valence-corrected chi connectivity index (χ2v) is 10.4. The van der Waals surface area contributed by atoms with Gasteiger partial charge in [-0.25, -0.2) is 0 Å². The molecule has 168 valence electrons. The molecule has 0 radical (unpaired) electrons. The van der Waals surface area contributed by atoms with Crippen LogP contribution in [0.4, 0.5) is 0 Å². The molecule has 0 unspecified atom stereocenters. The minimum atomic E-state index is -0.202. The third kappa shape index (κ3) is 3.51. The molecule has 32 heavy (non-hydrogen) atoms. The number of aryl methyl sites for hydroxylation is 2. The number of amides is 1. The number of hydrogen-bond acceptors (Lipinski definition) is 3. The molecule has 3 aliphatic heterocycles. The third-order valence-corrected chi connectivity index (χ3v) is 8.52. The summed E-state index contributed by atoms with van der Waals surface area (Å²) in [5, 5.41) is 0. The average molecular weight is 432 g/mol. The summed E-state index contributed by atoms with van der Waals surface area (Å²) in [6, 6.07) is 13.8. The number of pyridine rings is 1. The molecule has 3 saturated heterocycles. The molecule has 1 amide bonds. The topological polar surface area (TPSA) is 56.4 Å². The van der Waals surface area contributed by atoms with Crippen LogP contribution in [0.25, 0.3) is 0 Å². The summed E-state index contributed by atoms with van der Waals surface area (Å²) in [5.74, 6) is 0.942. The molecule has 6 rings (SSSR count). The van der Waals surface area contributed by atoms with E-state index < -0.39 is 0 Å². The number of piperidine rings is 3. The molecule has 2 bridgehead atoms. The molecular formula is C27H33N3O2. The first-order chi connectivity index (χ1) is 15.7. The van der Waals surface area contributed by atoms with Gasteiger partial charge >= 0.3 is 0 Å². The van der Waals surface area contributed by atoms with Gasteiger partial charge in [0.25, 0.3) is 11.5 Å². The number of rotatable bonds is 3. The number of nitrogens with one attached hydrogen (secondary N) is 1. The van der Waals surface area contributed by atoms with Crippen molar-refractivity contribution in [2.75, 3.05) is 19.6 Å². The summed E-state index contributed by atoms with van der Waals surface area (Å²) >= 11 is 0. The minimum Gasteiger partial charge on any atom is -0.338 e. The predicted octanol–water partition coefficient (Wildman–Crippen LogP) is 3.42. The fourth-order valence-electron chi connectivity index (χ4n) is 7.05. The average Bonchev–Trinajstić information content (AvgIpc) is 3.28. The zero-order valence-electron chi connectivity index (χ0n) is 18.8. The van der Waals surface area contributed by atoms with Crippen LogP contribution in [0.15, 0.2) is 41.2 Å². The summed E-state index contributed by atoms with van der Waals surface area (Å²) < 4.78 is 0. The Hall–Kier alpha value is -2.40. The Bertz CT molecular complexity index is 1060. The molecule has 4 atom stereocenters. The lowest BCUT2D eigenvalue weighted by Gasteiger charge is -2.57. The lowest BCUT2D eigenvalue weighted by Crippen LogP contribution is -2.64. The van der Waals surface area contributed by atoms with E-state index in [1.165, 1.54) is 37.8 Å². The van der Waals surface area contributed by atoms with Gasteiger partial charge in [-0.2, -0.15) is 0 Å². The van der Waals surface area contributed by atoms with Gasteiger partial charge in [-0.1, -0.05) is 36.8 Å². The Morgan fingerprint density at radius 2 is 1.88 bits per heavy atom. The van der Waals surface area contributed by atoms with Gasteiger partial charge in [-0.3, -0.25) is 14.5 Å². The number of aromatic nitrogens is 1. The van der Waals surface area contributed by atoms with E-state index in [2.05, 4.69) is 40.2 Å². The van der Waals surface area contributed by atoms with Crippen molar-refractivity contribution in [3.8, 4) is 0 Å². The van der Waals surface area contributed by atoms with Crippen molar-refractivity contribution in [3.05, 3.63) is 69.1 Å². The van der Waals surface area contributed by atoms with E-state index in [0.717, 1.165) is 50.0 Å². The van der Waals surface area contributed by atoms with Crippen molar-refractivity contribution in [2.45, 2.75) is 63.5 Å². The number of likely N-dealkylation sites (tertiary alicyclic amines) is 1. The van der Waals surface area contributed by atoms with Crippen LogP contribution >= 0.6 is 0 Å². The molecule has 1 aliphatic carbocycles. The van der Waals surface area contributed by atoms with Crippen LogP contribution in [0.2, 0.25) is 0 Å². The number of aromatic amines is 1. The highest BCUT2D eigenvalue weighted by Gasteiger charge is 2.48. The molecule has 1 N–H and O–H groups in total. The van der Waals surface area contributed by atoms with Gasteiger partial charge < -0.3 is 9.88 Å². The van der Waals surface area contributed by atoms with E-state index in [0.29, 0.717) is 29.5 Å². The summed E-state index contributed by atoms with van der Waals surface area (Å²) in [4.78, 5) is 34.1. The predicted molar refractivity (Wildman–Crippen MR) is 125 cm³/mol. The molecule has 3 fully saturated rings. The highest BCUT2D eigenvalue weighted by Crippen LogP contribution is 2.42. The molecule has 2 aromatic rings. The van der Waals surface area contributed by atoms with E-state index in [4.69, 9.17) is 0 Å². The van der Waals surface area contributed by atoms with Crippen molar-refractivity contribution in [1.29, 1.82) is 0 Å². The summed E-state index contributed by atoms with van der Waals surface area (Å²) in [7, 11) is 0. The Labute approximate surface area is 189 Å². The van der Waals surface area contributed by atoms with Gasteiger partial charge in [-0.05, 0) is 80.5 Å². The third-order valence-electron chi connectivity index (χ3n) is 8.52. The lowest BCUT2D eigenvalue weighted by atomic mass is 9.71. The number of fused-ring (bicyclic) bond motifs is 5. The van der Waals surface area contributed by atoms with Gasteiger partial charge in [-0.15, -0.1) is 0 Å². The summed E-state index contributed by atoms with van der Waals surface area (Å²) in [5.41, 5.74) is 3.73. The normalized spacial score (nSPS) is 29.4. The van der Waals surface area contributed by atoms with E-state index in [9.17, 15) is 9.59 Å². The van der Waals surface area contributed by atoms with Crippen molar-refractivity contribution < 1.29 is 4.79 Å². The fraction of sp³-hybridized carbons (Fsp3) is 0.556. The SMILES string of the molecule is O=C(c1cc2c([nH]c1=O)CCC2)N1C[C@H]2C[C@@H](C1)[C@H](Cc1ccccc1)N1CCCC[C@@H]21. The first kappa shape index (κ1) is 20.2. The standard InChI is InChI=1S/C27H33N3O2/c31-26-22(15-19-9-6-10-23(19)28-26)27(32)29-16-20-14-21(17-29)25(13-18-7-2-1-3-8-18)30-12-5-4-11-24(20)30/h1-3,7-8,15,20-21,24-25H,4-6,9-14,16-17H2,(H,28,31)/t20-,21+,24+,25+/m1/s1. The van der Waals surface area contributed by atoms with Crippen molar-refractivity contribution in [2.24, 2.45) is 11.8 Å². The maximum Gasteiger partial charge on any atom is 0.261 e. The smallest absolute Gasteiger partial charge is 0.261 e. The van der Waals surface area contributed by atoms with Crippen molar-refractivity contribution >= 4 is 5.91 Å². The number of nitrogens with zero attached hydrogens (tertiary/aromatic N) is 2. The number of H-pyrrole nitrogens is 1. The van der Waals surface area contributed by atoms with Crippen molar-refractivity contribution in [1.82, 2.24) is 14.8 Å². The first-order valence-electron chi connectivity index (χ1n) is 12.5. The number of carbonyl (C=O) groups excluding carboxylic acids is 1. The van der Waals surface area contributed by atoms with Crippen LogP contribution in [0.3, 0.4) is 0 Å². The monoisotopic (exact) mass is 431 g/mol. The largest absolute Gasteiger partial charge is 0.338 e. The van der Waals surface area contributed by atoms with Crippen LogP contribution in [0, 0.1) is 11.8 Å². The molecule has 4 aliphatic rings. The number of benzene rings is 1. The Morgan fingerprint density at radius 3 is 2.75 bits per heavy atom.